The first kappa shape index (κ1) is 13.5. The minimum Gasteiger partial charge on any atom is -0.497 e. The molecule has 1 amide bonds. The van der Waals surface area contributed by atoms with Crippen LogP contribution in [0, 0.1) is 10.1 Å². The lowest BCUT2D eigenvalue weighted by Crippen LogP contribution is -2.11. The molecule has 0 fully saturated rings. The van der Waals surface area contributed by atoms with E-state index in [9.17, 15) is 14.9 Å². The third kappa shape index (κ3) is 3.11. The van der Waals surface area contributed by atoms with Gasteiger partial charge in [-0.05, 0) is 30.3 Å². The van der Waals surface area contributed by atoms with E-state index in [4.69, 9.17) is 4.74 Å². The Kier molecular flexibility index (Phi) is 3.95. The normalized spacial score (nSPS) is 9.85. The maximum Gasteiger partial charge on any atom is 0.270 e. The lowest BCUT2D eigenvalue weighted by atomic mass is 10.2. The lowest BCUT2D eigenvalue weighted by molar-refractivity contribution is -0.384. The van der Waals surface area contributed by atoms with Crippen molar-refractivity contribution in [2.75, 3.05) is 12.4 Å². The third-order valence-corrected chi connectivity index (χ3v) is 2.67. The van der Waals surface area contributed by atoms with Crippen LogP contribution in [0.15, 0.2) is 48.5 Å². The van der Waals surface area contributed by atoms with Gasteiger partial charge in [-0.25, -0.2) is 0 Å². The minimum absolute atomic E-state index is 0.118. The molecule has 20 heavy (non-hydrogen) atoms. The van der Waals surface area contributed by atoms with E-state index in [1.165, 1.54) is 24.3 Å². The smallest absolute Gasteiger partial charge is 0.270 e. The Morgan fingerprint density at radius 1 is 1.20 bits per heavy atom. The number of nitrogens with one attached hydrogen (secondary N) is 1. The molecule has 0 unspecified atom stereocenters. The van der Waals surface area contributed by atoms with E-state index in [0.29, 0.717) is 11.4 Å². The van der Waals surface area contributed by atoms with E-state index in [-0.39, 0.29) is 11.3 Å². The number of nitro groups is 1. The first-order valence-corrected chi connectivity index (χ1v) is 5.80. The molecule has 0 aliphatic carbocycles. The summed E-state index contributed by atoms with van der Waals surface area (Å²) >= 11 is 0. The molecule has 0 saturated heterocycles. The van der Waals surface area contributed by atoms with E-state index in [1.54, 1.807) is 31.4 Å². The molecular formula is C14H12N2O4. The van der Waals surface area contributed by atoms with Crippen molar-refractivity contribution in [3.8, 4) is 5.75 Å². The number of ether oxygens (including phenoxy) is 1. The fourth-order valence-electron chi connectivity index (χ4n) is 1.64. The summed E-state index contributed by atoms with van der Waals surface area (Å²) in [6.07, 6.45) is 0. The number of nitro benzene ring substituents is 1. The van der Waals surface area contributed by atoms with Gasteiger partial charge in [0.05, 0.1) is 12.0 Å². The van der Waals surface area contributed by atoms with Gasteiger partial charge in [0.25, 0.3) is 11.6 Å². The number of methoxy groups -OCH3 is 1. The van der Waals surface area contributed by atoms with Crippen molar-refractivity contribution < 1.29 is 14.5 Å². The molecule has 0 aliphatic rings. The number of nitrogens with zero attached hydrogens (tertiary/aromatic N) is 1. The van der Waals surface area contributed by atoms with Gasteiger partial charge < -0.3 is 10.1 Å². The molecule has 0 aromatic heterocycles. The summed E-state index contributed by atoms with van der Waals surface area (Å²) in [5, 5.41) is 13.3. The molecule has 0 atom stereocenters. The van der Waals surface area contributed by atoms with Crippen molar-refractivity contribution in [2.45, 2.75) is 0 Å². The van der Waals surface area contributed by atoms with Crippen LogP contribution < -0.4 is 10.1 Å². The predicted molar refractivity (Wildman–Crippen MR) is 74.0 cm³/mol. The van der Waals surface area contributed by atoms with Crippen molar-refractivity contribution >= 4 is 17.3 Å². The minimum atomic E-state index is -0.538. The molecule has 6 heteroatoms. The zero-order valence-corrected chi connectivity index (χ0v) is 10.7. The van der Waals surface area contributed by atoms with Crippen LogP contribution in [-0.4, -0.2) is 17.9 Å². The molecule has 0 heterocycles. The largest absolute Gasteiger partial charge is 0.497 e. The second kappa shape index (κ2) is 5.83. The van der Waals surface area contributed by atoms with E-state index in [1.807, 2.05) is 0 Å². The standard InChI is InChI=1S/C14H12N2O4/c1-20-13-7-5-11(6-8-13)15-14(17)10-3-2-4-12(9-10)16(18)19/h2-9H,1H3,(H,15,17). The maximum atomic E-state index is 12.0. The second-order valence-corrected chi connectivity index (χ2v) is 3.99. The number of carbonyl (C=O) groups is 1. The quantitative estimate of drug-likeness (QED) is 0.685. The first-order chi connectivity index (χ1) is 9.60. The zero-order chi connectivity index (χ0) is 14.5. The molecular weight excluding hydrogens is 260 g/mol. The van der Waals surface area contributed by atoms with Gasteiger partial charge in [-0.3, -0.25) is 14.9 Å². The maximum absolute atomic E-state index is 12.0. The number of non-ortho nitro benzene ring substituents is 1. The van der Waals surface area contributed by atoms with Crippen LogP contribution >= 0.6 is 0 Å². The summed E-state index contributed by atoms with van der Waals surface area (Å²) < 4.78 is 5.01. The highest BCUT2D eigenvalue weighted by Gasteiger charge is 2.11. The molecule has 0 bridgehead atoms. The van der Waals surface area contributed by atoms with Crippen molar-refractivity contribution in [3.63, 3.8) is 0 Å². The summed E-state index contributed by atoms with van der Waals surface area (Å²) in [6, 6.07) is 12.4. The Morgan fingerprint density at radius 2 is 1.90 bits per heavy atom. The van der Waals surface area contributed by atoms with Gasteiger partial charge in [0.1, 0.15) is 5.75 Å². The van der Waals surface area contributed by atoms with E-state index >= 15 is 0 Å². The zero-order valence-electron chi connectivity index (χ0n) is 10.7. The topological polar surface area (TPSA) is 81.5 Å². The molecule has 2 aromatic rings. The average Bonchev–Trinajstić information content (AvgIpc) is 2.48. The summed E-state index contributed by atoms with van der Waals surface area (Å²) in [5.74, 6) is 0.275. The Hall–Kier alpha value is -2.89. The monoisotopic (exact) mass is 272 g/mol. The molecule has 0 spiro atoms. The van der Waals surface area contributed by atoms with Crippen molar-refractivity contribution in [1.29, 1.82) is 0 Å². The van der Waals surface area contributed by atoms with Crippen LogP contribution in [0.3, 0.4) is 0 Å². The molecule has 0 saturated carbocycles. The van der Waals surface area contributed by atoms with Crippen LogP contribution in [0.1, 0.15) is 10.4 Å². The Balaban J connectivity index is 2.14. The van der Waals surface area contributed by atoms with Crippen LogP contribution in [0.2, 0.25) is 0 Å². The number of anilines is 1. The van der Waals surface area contributed by atoms with E-state index in [0.717, 1.165) is 0 Å². The van der Waals surface area contributed by atoms with Gasteiger partial charge in [0, 0.05) is 23.4 Å². The van der Waals surface area contributed by atoms with Gasteiger partial charge in [-0.15, -0.1) is 0 Å². The van der Waals surface area contributed by atoms with E-state index in [2.05, 4.69) is 5.32 Å². The van der Waals surface area contributed by atoms with Crippen molar-refractivity contribution in [1.82, 2.24) is 0 Å². The predicted octanol–water partition coefficient (Wildman–Crippen LogP) is 2.86. The molecule has 0 aliphatic heterocycles. The van der Waals surface area contributed by atoms with Crippen LogP contribution in [0.4, 0.5) is 11.4 Å². The van der Waals surface area contributed by atoms with Gasteiger partial charge in [0.15, 0.2) is 0 Å². The fourth-order valence-corrected chi connectivity index (χ4v) is 1.64. The lowest BCUT2D eigenvalue weighted by Gasteiger charge is -2.06. The highest BCUT2D eigenvalue weighted by Crippen LogP contribution is 2.17. The Bertz CT molecular complexity index is 638. The SMILES string of the molecule is COc1ccc(NC(=O)c2cccc([N+](=O)[O-])c2)cc1. The van der Waals surface area contributed by atoms with Crippen LogP contribution in [-0.2, 0) is 0 Å². The summed E-state index contributed by atoms with van der Waals surface area (Å²) in [6.45, 7) is 0. The highest BCUT2D eigenvalue weighted by molar-refractivity contribution is 6.04. The number of hydrogen-bond acceptors (Lipinski definition) is 4. The van der Waals surface area contributed by atoms with Gasteiger partial charge in [-0.2, -0.15) is 0 Å². The molecule has 0 radical (unpaired) electrons. The molecule has 6 nitrogen and oxygen atoms in total. The first-order valence-electron chi connectivity index (χ1n) is 5.80. The van der Waals surface area contributed by atoms with Gasteiger partial charge in [0.2, 0.25) is 0 Å². The molecule has 102 valence electrons. The Labute approximate surface area is 115 Å². The summed E-state index contributed by atoms with van der Waals surface area (Å²) in [7, 11) is 1.55. The molecule has 1 N–H and O–H groups in total. The van der Waals surface area contributed by atoms with Crippen molar-refractivity contribution in [3.05, 3.63) is 64.2 Å². The highest BCUT2D eigenvalue weighted by atomic mass is 16.6. The number of amides is 1. The number of rotatable bonds is 4. The fraction of sp³-hybridized carbons (Fsp3) is 0.0714. The summed E-state index contributed by atoms with van der Waals surface area (Å²) in [4.78, 5) is 22.1. The third-order valence-electron chi connectivity index (χ3n) is 2.67. The van der Waals surface area contributed by atoms with Crippen molar-refractivity contribution in [2.24, 2.45) is 0 Å². The Morgan fingerprint density at radius 3 is 2.50 bits per heavy atom. The summed E-state index contributed by atoms with van der Waals surface area (Å²) in [5.41, 5.74) is 0.699. The van der Waals surface area contributed by atoms with Gasteiger partial charge in [-0.1, -0.05) is 6.07 Å². The number of hydrogen-bond donors (Lipinski definition) is 1. The molecule has 2 rings (SSSR count). The number of carbonyl (C=O) groups excluding carboxylic acids is 1. The average molecular weight is 272 g/mol. The van der Waals surface area contributed by atoms with Crippen LogP contribution in [0.5, 0.6) is 5.75 Å². The molecule has 2 aromatic carbocycles. The second-order valence-electron chi connectivity index (χ2n) is 3.99. The number of benzene rings is 2. The van der Waals surface area contributed by atoms with E-state index < -0.39 is 10.8 Å². The van der Waals surface area contributed by atoms with Gasteiger partial charge >= 0.3 is 0 Å². The van der Waals surface area contributed by atoms with Crippen LogP contribution in [0.25, 0.3) is 0 Å².